The molecule has 0 spiro atoms. The van der Waals surface area contributed by atoms with Crippen molar-refractivity contribution in [3.63, 3.8) is 0 Å². The first-order chi connectivity index (χ1) is 7.74. The van der Waals surface area contributed by atoms with Gasteiger partial charge in [0.15, 0.2) is 11.6 Å². The summed E-state index contributed by atoms with van der Waals surface area (Å²) in [6.07, 6.45) is 2.67. The number of aromatic nitrogens is 2. The van der Waals surface area contributed by atoms with Crippen molar-refractivity contribution < 1.29 is 4.42 Å². The van der Waals surface area contributed by atoms with Gasteiger partial charge in [0.1, 0.15) is 5.76 Å². The lowest BCUT2D eigenvalue weighted by Gasteiger charge is -1.95. The van der Waals surface area contributed by atoms with Crippen LogP contribution in [0, 0.1) is 5.92 Å². The molecule has 0 aliphatic heterocycles. The van der Waals surface area contributed by atoms with Crippen molar-refractivity contribution in [1.29, 1.82) is 0 Å². The molecule has 4 heteroatoms. The van der Waals surface area contributed by atoms with Crippen LogP contribution in [0.25, 0.3) is 11.6 Å². The van der Waals surface area contributed by atoms with E-state index in [9.17, 15) is 4.79 Å². The van der Waals surface area contributed by atoms with Gasteiger partial charge in [-0.15, -0.1) is 0 Å². The van der Waals surface area contributed by atoms with Crippen LogP contribution in [0.2, 0.25) is 0 Å². The molecule has 0 bridgehead atoms. The minimum atomic E-state index is -0.164. The van der Waals surface area contributed by atoms with Gasteiger partial charge in [0.05, 0.1) is 0 Å². The standard InChI is InChI=1S/C12H12N2O2/c1-7-6-8(7)9-2-3-10(16-9)12-13-5-4-11(15)14-12/h2-5,7-8H,6H2,1H3,(H,13,14,15). The first kappa shape index (κ1) is 9.39. The molecule has 0 aromatic carbocycles. The summed E-state index contributed by atoms with van der Waals surface area (Å²) in [7, 11) is 0. The van der Waals surface area contributed by atoms with Crippen LogP contribution in [0.4, 0.5) is 0 Å². The Hall–Kier alpha value is -1.84. The zero-order chi connectivity index (χ0) is 11.1. The van der Waals surface area contributed by atoms with Crippen molar-refractivity contribution in [2.45, 2.75) is 19.3 Å². The number of hydrogen-bond acceptors (Lipinski definition) is 3. The van der Waals surface area contributed by atoms with Crippen molar-refractivity contribution in [2.75, 3.05) is 0 Å². The van der Waals surface area contributed by atoms with E-state index in [1.807, 2.05) is 12.1 Å². The molecular weight excluding hydrogens is 204 g/mol. The third-order valence-electron chi connectivity index (χ3n) is 3.01. The molecule has 1 aliphatic carbocycles. The topological polar surface area (TPSA) is 58.9 Å². The molecular formula is C12H12N2O2. The SMILES string of the molecule is CC1CC1c1ccc(-c2nccc(=O)[nH]2)o1. The quantitative estimate of drug-likeness (QED) is 0.836. The van der Waals surface area contributed by atoms with Gasteiger partial charge in [0.25, 0.3) is 5.56 Å². The monoisotopic (exact) mass is 216 g/mol. The van der Waals surface area contributed by atoms with E-state index in [-0.39, 0.29) is 5.56 Å². The van der Waals surface area contributed by atoms with Crippen molar-refractivity contribution in [3.8, 4) is 11.6 Å². The number of H-pyrrole nitrogens is 1. The van der Waals surface area contributed by atoms with Gasteiger partial charge in [-0.1, -0.05) is 6.92 Å². The third-order valence-corrected chi connectivity index (χ3v) is 3.01. The largest absolute Gasteiger partial charge is 0.458 e. The maximum atomic E-state index is 11.1. The van der Waals surface area contributed by atoms with Crippen LogP contribution < -0.4 is 5.56 Å². The summed E-state index contributed by atoms with van der Waals surface area (Å²) in [5, 5.41) is 0. The van der Waals surface area contributed by atoms with Crippen LogP contribution in [0.15, 0.2) is 33.6 Å². The molecule has 1 aliphatic rings. The van der Waals surface area contributed by atoms with E-state index in [1.54, 1.807) is 0 Å². The predicted molar refractivity (Wildman–Crippen MR) is 59.1 cm³/mol. The summed E-state index contributed by atoms with van der Waals surface area (Å²) in [6.45, 7) is 2.20. The third kappa shape index (κ3) is 1.56. The lowest BCUT2D eigenvalue weighted by molar-refractivity contribution is 0.514. The van der Waals surface area contributed by atoms with Crippen molar-refractivity contribution in [1.82, 2.24) is 9.97 Å². The molecule has 1 fully saturated rings. The molecule has 0 amide bonds. The molecule has 1 N–H and O–H groups in total. The highest BCUT2D eigenvalue weighted by molar-refractivity contribution is 5.46. The maximum Gasteiger partial charge on any atom is 0.251 e. The second-order valence-electron chi connectivity index (χ2n) is 4.30. The molecule has 3 rings (SSSR count). The van der Waals surface area contributed by atoms with Crippen LogP contribution in [0.5, 0.6) is 0 Å². The average molecular weight is 216 g/mol. The van der Waals surface area contributed by atoms with Crippen molar-refractivity contribution >= 4 is 0 Å². The van der Waals surface area contributed by atoms with Crippen molar-refractivity contribution in [2.24, 2.45) is 5.92 Å². The highest BCUT2D eigenvalue weighted by atomic mass is 16.3. The zero-order valence-corrected chi connectivity index (χ0v) is 8.93. The van der Waals surface area contributed by atoms with Gasteiger partial charge in [-0.05, 0) is 24.5 Å². The van der Waals surface area contributed by atoms with E-state index < -0.39 is 0 Å². The van der Waals surface area contributed by atoms with Gasteiger partial charge in [-0.3, -0.25) is 4.79 Å². The molecule has 2 heterocycles. The Bertz CT molecular complexity index is 570. The first-order valence-corrected chi connectivity index (χ1v) is 5.39. The number of hydrogen-bond donors (Lipinski definition) is 1. The molecule has 16 heavy (non-hydrogen) atoms. The minimum absolute atomic E-state index is 0.164. The van der Waals surface area contributed by atoms with Gasteiger partial charge in [0, 0.05) is 18.2 Å². The molecule has 2 aromatic heterocycles. The normalized spacial score (nSPS) is 23.3. The number of aromatic amines is 1. The summed E-state index contributed by atoms with van der Waals surface area (Å²) >= 11 is 0. The van der Waals surface area contributed by atoms with E-state index in [0.29, 0.717) is 23.4 Å². The fraction of sp³-hybridized carbons (Fsp3) is 0.333. The smallest absolute Gasteiger partial charge is 0.251 e. The van der Waals surface area contributed by atoms with Gasteiger partial charge < -0.3 is 9.40 Å². The van der Waals surface area contributed by atoms with Gasteiger partial charge in [0.2, 0.25) is 0 Å². The van der Waals surface area contributed by atoms with E-state index in [1.165, 1.54) is 18.7 Å². The summed E-state index contributed by atoms with van der Waals surface area (Å²) in [4.78, 5) is 17.9. The van der Waals surface area contributed by atoms with Gasteiger partial charge in [-0.2, -0.15) is 0 Å². The molecule has 1 saturated carbocycles. The van der Waals surface area contributed by atoms with Crippen molar-refractivity contribution in [3.05, 3.63) is 40.5 Å². The second-order valence-corrected chi connectivity index (χ2v) is 4.30. The number of furan rings is 1. The Morgan fingerprint density at radius 2 is 2.25 bits per heavy atom. The van der Waals surface area contributed by atoms with Crippen LogP contribution in [-0.4, -0.2) is 9.97 Å². The molecule has 4 nitrogen and oxygen atoms in total. The molecule has 0 radical (unpaired) electrons. The van der Waals surface area contributed by atoms with E-state index in [4.69, 9.17) is 4.42 Å². The van der Waals surface area contributed by atoms with Gasteiger partial charge >= 0.3 is 0 Å². The number of rotatable bonds is 2. The Morgan fingerprint density at radius 1 is 1.44 bits per heavy atom. The van der Waals surface area contributed by atoms with Crippen LogP contribution in [0.3, 0.4) is 0 Å². The van der Waals surface area contributed by atoms with Crippen LogP contribution in [-0.2, 0) is 0 Å². The molecule has 0 saturated heterocycles. The number of nitrogens with one attached hydrogen (secondary N) is 1. The molecule has 2 unspecified atom stereocenters. The summed E-state index contributed by atoms with van der Waals surface area (Å²) in [5.74, 6) is 3.37. The molecule has 82 valence electrons. The fourth-order valence-corrected chi connectivity index (χ4v) is 1.89. The van der Waals surface area contributed by atoms with E-state index in [2.05, 4.69) is 16.9 Å². The summed E-state index contributed by atoms with van der Waals surface area (Å²) in [6, 6.07) is 5.21. The predicted octanol–water partition coefficient (Wildman–Crippen LogP) is 2.15. The first-order valence-electron chi connectivity index (χ1n) is 5.39. The lowest BCUT2D eigenvalue weighted by Crippen LogP contribution is -2.05. The number of nitrogens with zero attached hydrogens (tertiary/aromatic N) is 1. The average Bonchev–Trinajstić information content (AvgIpc) is 2.81. The Kier molecular flexibility index (Phi) is 1.96. The highest BCUT2D eigenvalue weighted by Crippen LogP contribution is 2.47. The maximum absolute atomic E-state index is 11.1. The minimum Gasteiger partial charge on any atom is -0.458 e. The second kappa shape index (κ2) is 3.33. The molecule has 2 atom stereocenters. The summed E-state index contributed by atoms with van der Waals surface area (Å²) < 4.78 is 5.69. The Balaban J connectivity index is 1.95. The van der Waals surface area contributed by atoms with Crippen LogP contribution >= 0.6 is 0 Å². The molecule has 2 aromatic rings. The Labute approximate surface area is 92.3 Å². The van der Waals surface area contributed by atoms with E-state index in [0.717, 1.165) is 5.76 Å². The highest BCUT2D eigenvalue weighted by Gasteiger charge is 2.36. The zero-order valence-electron chi connectivity index (χ0n) is 8.93. The lowest BCUT2D eigenvalue weighted by atomic mass is 10.3. The summed E-state index contributed by atoms with van der Waals surface area (Å²) in [5.41, 5.74) is -0.164. The van der Waals surface area contributed by atoms with E-state index >= 15 is 0 Å². The fourth-order valence-electron chi connectivity index (χ4n) is 1.89. The van der Waals surface area contributed by atoms with Gasteiger partial charge in [-0.25, -0.2) is 4.98 Å². The Morgan fingerprint density at radius 3 is 2.94 bits per heavy atom. The van der Waals surface area contributed by atoms with Crippen LogP contribution in [0.1, 0.15) is 25.0 Å².